The molecule has 1 heterocycles. The Labute approximate surface area is 211 Å². The fourth-order valence-electron chi connectivity index (χ4n) is 3.68. The summed E-state index contributed by atoms with van der Waals surface area (Å²) in [6, 6.07) is 13.2. The molecule has 35 heavy (non-hydrogen) atoms. The number of carbonyl (C=O) groups excluding carboxylic acids is 3. The number of amides is 1. The van der Waals surface area contributed by atoms with Crippen molar-refractivity contribution in [2.45, 2.75) is 65.2 Å². The Bertz CT molecular complexity index is 1150. The Balaban J connectivity index is 2.12. The van der Waals surface area contributed by atoms with Gasteiger partial charge in [0.05, 0.1) is 17.8 Å². The Hall–Kier alpha value is -3.19. The van der Waals surface area contributed by atoms with Crippen LogP contribution in [0.1, 0.15) is 59.1 Å². The Kier molecular flexibility index (Phi) is 7.70. The summed E-state index contributed by atoms with van der Waals surface area (Å²) >= 11 is 6.33. The molecule has 0 aliphatic carbocycles. The van der Waals surface area contributed by atoms with Gasteiger partial charge in [0.2, 0.25) is 0 Å². The third kappa shape index (κ3) is 7.15. The molecule has 0 saturated carbocycles. The van der Waals surface area contributed by atoms with Crippen molar-refractivity contribution in [2.24, 2.45) is 4.99 Å². The van der Waals surface area contributed by atoms with Crippen molar-refractivity contribution >= 4 is 40.8 Å². The number of anilines is 1. The number of aliphatic imine (C=N–C) groups is 1. The van der Waals surface area contributed by atoms with Crippen LogP contribution in [0, 0.1) is 0 Å². The summed E-state index contributed by atoms with van der Waals surface area (Å²) in [6.45, 7) is 10.2. The van der Waals surface area contributed by atoms with Crippen molar-refractivity contribution in [3.63, 3.8) is 0 Å². The average molecular weight is 499 g/mol. The van der Waals surface area contributed by atoms with E-state index < -0.39 is 35.1 Å². The largest absolute Gasteiger partial charge is 0.460 e. The smallest absolute Gasteiger partial charge is 0.326 e. The van der Waals surface area contributed by atoms with Gasteiger partial charge in [-0.25, -0.2) is 0 Å². The van der Waals surface area contributed by atoms with E-state index >= 15 is 0 Å². The van der Waals surface area contributed by atoms with E-state index in [0.717, 1.165) is 5.56 Å². The van der Waals surface area contributed by atoms with Crippen LogP contribution >= 0.6 is 11.6 Å². The topological polar surface area (TPSA) is 85.3 Å². The lowest BCUT2D eigenvalue weighted by molar-refractivity contribution is -0.156. The molecule has 1 aliphatic rings. The third-order valence-electron chi connectivity index (χ3n) is 4.88. The normalized spacial score (nSPS) is 16.2. The van der Waals surface area contributed by atoms with E-state index in [0.29, 0.717) is 22.0 Å². The van der Waals surface area contributed by atoms with E-state index in [1.54, 1.807) is 59.7 Å². The van der Waals surface area contributed by atoms with Crippen molar-refractivity contribution < 1.29 is 23.9 Å². The molecule has 0 radical (unpaired) electrons. The molecule has 2 aromatic rings. The highest BCUT2D eigenvalue weighted by Gasteiger charge is 2.36. The van der Waals surface area contributed by atoms with E-state index in [1.165, 1.54) is 4.90 Å². The van der Waals surface area contributed by atoms with E-state index in [9.17, 15) is 14.4 Å². The van der Waals surface area contributed by atoms with Crippen LogP contribution in [-0.4, -0.2) is 47.3 Å². The molecule has 1 atom stereocenters. The van der Waals surface area contributed by atoms with E-state index in [1.807, 2.05) is 30.3 Å². The Morgan fingerprint density at radius 1 is 0.943 bits per heavy atom. The minimum Gasteiger partial charge on any atom is -0.460 e. The van der Waals surface area contributed by atoms with Crippen LogP contribution in [0.25, 0.3) is 0 Å². The molecule has 0 N–H and O–H groups in total. The molecule has 1 aliphatic heterocycles. The van der Waals surface area contributed by atoms with Crippen molar-refractivity contribution in [1.29, 1.82) is 0 Å². The first-order valence-corrected chi connectivity index (χ1v) is 11.8. The maximum absolute atomic E-state index is 13.7. The van der Waals surface area contributed by atoms with Crippen molar-refractivity contribution in [2.75, 3.05) is 11.4 Å². The third-order valence-corrected chi connectivity index (χ3v) is 5.11. The Morgan fingerprint density at radius 3 is 2.14 bits per heavy atom. The van der Waals surface area contributed by atoms with Gasteiger partial charge >= 0.3 is 11.9 Å². The number of carbonyl (C=O) groups is 3. The van der Waals surface area contributed by atoms with Crippen molar-refractivity contribution in [3.05, 3.63) is 64.7 Å². The molecule has 0 bridgehead atoms. The number of nitrogens with zero attached hydrogens (tertiary/aromatic N) is 2. The predicted octanol–water partition coefficient (Wildman–Crippen LogP) is 4.97. The molecule has 0 aromatic heterocycles. The standard InChI is InChI=1S/C27H31ClN2O5/c1-26(2,3)34-22(31)15-20-25(33)30(16-23(32)35-27(4,5)6)21-13-12-18(28)14-19(21)24(29-20)17-10-8-7-9-11-17/h7-14,20H,15-16H2,1-6H3. The fourth-order valence-corrected chi connectivity index (χ4v) is 3.85. The van der Waals surface area contributed by atoms with E-state index in [2.05, 4.69) is 0 Å². The monoisotopic (exact) mass is 498 g/mol. The van der Waals surface area contributed by atoms with Gasteiger partial charge in [0.25, 0.3) is 5.91 Å². The summed E-state index contributed by atoms with van der Waals surface area (Å²) in [4.78, 5) is 45.2. The van der Waals surface area contributed by atoms with Crippen LogP contribution in [0.15, 0.2) is 53.5 Å². The van der Waals surface area contributed by atoms with Crippen LogP contribution in [0.5, 0.6) is 0 Å². The first-order chi connectivity index (χ1) is 16.2. The lowest BCUT2D eigenvalue weighted by Crippen LogP contribution is -2.44. The van der Waals surface area contributed by atoms with Crippen LogP contribution in [0.2, 0.25) is 5.02 Å². The lowest BCUT2D eigenvalue weighted by Gasteiger charge is -2.27. The molecule has 3 rings (SSSR count). The number of hydrogen-bond donors (Lipinski definition) is 0. The number of rotatable bonds is 5. The number of ether oxygens (including phenoxy) is 2. The number of benzene rings is 2. The quantitative estimate of drug-likeness (QED) is 0.543. The van der Waals surface area contributed by atoms with Gasteiger partial charge in [-0.2, -0.15) is 0 Å². The molecule has 0 saturated heterocycles. The van der Waals surface area contributed by atoms with Gasteiger partial charge in [-0.05, 0) is 59.7 Å². The zero-order chi connectivity index (χ0) is 26.0. The predicted molar refractivity (Wildman–Crippen MR) is 136 cm³/mol. The average Bonchev–Trinajstić information content (AvgIpc) is 2.82. The second kappa shape index (κ2) is 10.2. The highest BCUT2D eigenvalue weighted by Crippen LogP contribution is 2.32. The van der Waals surface area contributed by atoms with Crippen molar-refractivity contribution in [1.82, 2.24) is 0 Å². The van der Waals surface area contributed by atoms with Crippen LogP contribution in [0.4, 0.5) is 5.69 Å². The molecule has 8 heteroatoms. The van der Waals surface area contributed by atoms with E-state index in [4.69, 9.17) is 26.1 Å². The SMILES string of the molecule is CC(C)(C)OC(=O)CC1N=C(c2ccccc2)c2cc(Cl)ccc2N(CC(=O)OC(C)(C)C)C1=O. The van der Waals surface area contributed by atoms with Gasteiger partial charge in [0, 0.05) is 16.1 Å². The maximum atomic E-state index is 13.7. The van der Waals surface area contributed by atoms with Crippen LogP contribution in [0.3, 0.4) is 0 Å². The summed E-state index contributed by atoms with van der Waals surface area (Å²) in [7, 11) is 0. The molecule has 1 unspecified atom stereocenters. The second-order valence-electron chi connectivity index (χ2n) is 10.3. The highest BCUT2D eigenvalue weighted by molar-refractivity contribution is 6.32. The summed E-state index contributed by atoms with van der Waals surface area (Å²) in [5.74, 6) is -1.64. The number of hydrogen-bond acceptors (Lipinski definition) is 6. The molecule has 2 aromatic carbocycles. The van der Waals surface area contributed by atoms with Crippen LogP contribution in [-0.2, 0) is 23.9 Å². The molecule has 7 nitrogen and oxygen atoms in total. The number of fused-ring (bicyclic) bond motifs is 1. The lowest BCUT2D eigenvalue weighted by atomic mass is 10.00. The summed E-state index contributed by atoms with van der Waals surface area (Å²) in [6.07, 6.45) is -0.279. The van der Waals surface area contributed by atoms with Gasteiger partial charge in [-0.1, -0.05) is 41.9 Å². The summed E-state index contributed by atoms with van der Waals surface area (Å²) in [5.41, 5.74) is 0.834. The number of benzodiazepines with no additional fused rings is 1. The first kappa shape index (κ1) is 26.4. The first-order valence-electron chi connectivity index (χ1n) is 11.4. The molecular weight excluding hydrogens is 468 g/mol. The number of halogens is 1. The summed E-state index contributed by atoms with van der Waals surface area (Å²) in [5, 5.41) is 0.447. The van der Waals surface area contributed by atoms with Gasteiger partial charge in [0.15, 0.2) is 0 Å². The van der Waals surface area contributed by atoms with Gasteiger partial charge in [-0.15, -0.1) is 0 Å². The molecule has 186 valence electrons. The molecule has 0 fully saturated rings. The highest BCUT2D eigenvalue weighted by atomic mass is 35.5. The fraction of sp³-hybridized carbons (Fsp3) is 0.407. The van der Waals surface area contributed by atoms with Crippen molar-refractivity contribution in [3.8, 4) is 0 Å². The number of esters is 2. The van der Waals surface area contributed by atoms with Gasteiger partial charge < -0.3 is 9.47 Å². The second-order valence-corrected chi connectivity index (χ2v) is 10.8. The van der Waals surface area contributed by atoms with Crippen LogP contribution < -0.4 is 4.90 Å². The summed E-state index contributed by atoms with van der Waals surface area (Å²) < 4.78 is 10.9. The van der Waals surface area contributed by atoms with Gasteiger partial charge in [0.1, 0.15) is 23.8 Å². The van der Waals surface area contributed by atoms with E-state index in [-0.39, 0.29) is 13.0 Å². The maximum Gasteiger partial charge on any atom is 0.326 e. The zero-order valence-corrected chi connectivity index (χ0v) is 21.7. The zero-order valence-electron chi connectivity index (χ0n) is 20.9. The van der Waals surface area contributed by atoms with Gasteiger partial charge in [-0.3, -0.25) is 24.3 Å². The Morgan fingerprint density at radius 2 is 1.54 bits per heavy atom. The molecule has 1 amide bonds. The molecular formula is C27H31ClN2O5. The minimum atomic E-state index is -1.10. The molecule has 0 spiro atoms. The minimum absolute atomic E-state index is 0.279.